The Morgan fingerprint density at radius 1 is 1.10 bits per heavy atom. The van der Waals surface area contributed by atoms with E-state index in [-0.39, 0.29) is 0 Å². The third kappa shape index (κ3) is 3.18. The quantitative estimate of drug-likeness (QED) is 0.896. The standard InChI is InChI=1S/C16H21F3N2/c17-16(18,19)13-6-1-2-8-15(13)21-10-4-5-12(11-21)14-7-3-9-20-14/h1-2,6,8,12,14,20H,3-5,7,9-11H2. The Bertz CT molecular complexity index is 481. The van der Waals surface area contributed by atoms with Crippen molar-refractivity contribution >= 4 is 5.69 Å². The first-order valence-electron chi connectivity index (χ1n) is 7.70. The fourth-order valence-corrected chi connectivity index (χ4v) is 3.66. The lowest BCUT2D eigenvalue weighted by atomic mass is 9.89. The molecule has 21 heavy (non-hydrogen) atoms. The molecule has 3 rings (SSSR count). The zero-order valence-corrected chi connectivity index (χ0v) is 12.0. The van der Waals surface area contributed by atoms with Gasteiger partial charge in [-0.15, -0.1) is 0 Å². The normalized spacial score (nSPS) is 27.1. The van der Waals surface area contributed by atoms with E-state index in [0.29, 0.717) is 17.6 Å². The van der Waals surface area contributed by atoms with E-state index in [9.17, 15) is 13.2 Å². The number of hydrogen-bond donors (Lipinski definition) is 1. The van der Waals surface area contributed by atoms with Gasteiger partial charge in [-0.05, 0) is 50.3 Å². The van der Waals surface area contributed by atoms with Gasteiger partial charge in [-0.3, -0.25) is 0 Å². The smallest absolute Gasteiger partial charge is 0.371 e. The number of nitrogens with zero attached hydrogens (tertiary/aromatic N) is 1. The lowest BCUT2D eigenvalue weighted by Crippen LogP contribution is -2.44. The van der Waals surface area contributed by atoms with Crippen LogP contribution in [0.1, 0.15) is 31.2 Å². The van der Waals surface area contributed by atoms with E-state index in [4.69, 9.17) is 0 Å². The monoisotopic (exact) mass is 298 g/mol. The van der Waals surface area contributed by atoms with Crippen molar-refractivity contribution in [2.24, 2.45) is 5.92 Å². The van der Waals surface area contributed by atoms with Gasteiger partial charge in [0.1, 0.15) is 0 Å². The summed E-state index contributed by atoms with van der Waals surface area (Å²) in [7, 11) is 0. The van der Waals surface area contributed by atoms with Crippen molar-refractivity contribution in [3.05, 3.63) is 29.8 Å². The van der Waals surface area contributed by atoms with Gasteiger partial charge >= 0.3 is 6.18 Å². The first-order chi connectivity index (χ1) is 10.1. The largest absolute Gasteiger partial charge is 0.418 e. The number of benzene rings is 1. The summed E-state index contributed by atoms with van der Waals surface area (Å²) in [5, 5.41) is 3.49. The highest BCUT2D eigenvalue weighted by atomic mass is 19.4. The van der Waals surface area contributed by atoms with Gasteiger partial charge < -0.3 is 10.2 Å². The summed E-state index contributed by atoms with van der Waals surface area (Å²) in [5.74, 6) is 0.461. The maximum absolute atomic E-state index is 13.2. The zero-order chi connectivity index (χ0) is 14.9. The molecule has 0 amide bonds. The molecule has 2 atom stereocenters. The Morgan fingerprint density at radius 3 is 2.62 bits per heavy atom. The molecule has 0 radical (unpaired) electrons. The second-order valence-electron chi connectivity index (χ2n) is 6.07. The zero-order valence-electron chi connectivity index (χ0n) is 12.0. The van der Waals surface area contributed by atoms with Gasteiger partial charge in [0.25, 0.3) is 0 Å². The molecule has 0 bridgehead atoms. The van der Waals surface area contributed by atoms with Crippen LogP contribution in [-0.4, -0.2) is 25.7 Å². The molecule has 2 unspecified atom stereocenters. The van der Waals surface area contributed by atoms with Crippen LogP contribution in [0.3, 0.4) is 0 Å². The summed E-state index contributed by atoms with van der Waals surface area (Å²) < 4.78 is 39.5. The van der Waals surface area contributed by atoms with Crippen molar-refractivity contribution in [2.45, 2.75) is 37.9 Å². The summed E-state index contributed by atoms with van der Waals surface area (Å²) in [6, 6.07) is 6.43. The van der Waals surface area contributed by atoms with Crippen LogP contribution in [0.5, 0.6) is 0 Å². The van der Waals surface area contributed by atoms with Crippen LogP contribution in [0.25, 0.3) is 0 Å². The van der Waals surface area contributed by atoms with Crippen molar-refractivity contribution < 1.29 is 13.2 Å². The Morgan fingerprint density at radius 2 is 1.90 bits per heavy atom. The molecule has 0 spiro atoms. The number of para-hydroxylation sites is 1. The molecule has 0 saturated carbocycles. The molecule has 2 nitrogen and oxygen atoms in total. The number of alkyl halides is 3. The number of nitrogens with one attached hydrogen (secondary N) is 1. The molecule has 2 aliphatic rings. The second kappa shape index (κ2) is 5.87. The van der Waals surface area contributed by atoms with E-state index in [1.807, 2.05) is 4.90 Å². The van der Waals surface area contributed by atoms with E-state index in [0.717, 1.165) is 38.9 Å². The van der Waals surface area contributed by atoms with Gasteiger partial charge in [-0.25, -0.2) is 0 Å². The highest BCUT2D eigenvalue weighted by molar-refractivity contribution is 5.55. The predicted molar refractivity (Wildman–Crippen MR) is 77.4 cm³/mol. The first kappa shape index (κ1) is 14.7. The molecule has 1 aromatic rings. The molecule has 0 aromatic heterocycles. The molecule has 2 aliphatic heterocycles. The number of rotatable bonds is 2. The fraction of sp³-hybridized carbons (Fsp3) is 0.625. The van der Waals surface area contributed by atoms with Crippen molar-refractivity contribution in [3.63, 3.8) is 0 Å². The number of piperidine rings is 1. The Labute approximate surface area is 123 Å². The lowest BCUT2D eigenvalue weighted by Gasteiger charge is -2.38. The highest BCUT2D eigenvalue weighted by Gasteiger charge is 2.36. The minimum absolute atomic E-state index is 0.340. The molecule has 2 fully saturated rings. The lowest BCUT2D eigenvalue weighted by molar-refractivity contribution is -0.137. The maximum atomic E-state index is 13.2. The van der Waals surface area contributed by atoms with Crippen LogP contribution < -0.4 is 10.2 Å². The van der Waals surface area contributed by atoms with Crippen molar-refractivity contribution in [1.29, 1.82) is 0 Å². The van der Waals surface area contributed by atoms with E-state index < -0.39 is 11.7 Å². The molecule has 1 aromatic carbocycles. The molecule has 116 valence electrons. The van der Waals surface area contributed by atoms with E-state index in [1.54, 1.807) is 12.1 Å². The minimum Gasteiger partial charge on any atom is -0.371 e. The molecular formula is C16H21F3N2. The second-order valence-corrected chi connectivity index (χ2v) is 6.07. The van der Waals surface area contributed by atoms with Crippen LogP contribution in [0.2, 0.25) is 0 Å². The minimum atomic E-state index is -4.28. The average Bonchev–Trinajstić information content (AvgIpc) is 3.01. The first-order valence-corrected chi connectivity index (χ1v) is 7.70. The topological polar surface area (TPSA) is 15.3 Å². The van der Waals surface area contributed by atoms with Crippen molar-refractivity contribution in [2.75, 3.05) is 24.5 Å². The molecule has 2 heterocycles. The summed E-state index contributed by atoms with van der Waals surface area (Å²) in [6.45, 7) is 2.49. The SMILES string of the molecule is FC(F)(F)c1ccccc1N1CCCC(C2CCCN2)C1. The Hall–Kier alpha value is -1.23. The van der Waals surface area contributed by atoms with E-state index >= 15 is 0 Å². The summed E-state index contributed by atoms with van der Waals surface area (Å²) in [5.41, 5.74) is -0.169. The van der Waals surface area contributed by atoms with Gasteiger partial charge in [0.05, 0.1) is 5.56 Å². The number of anilines is 1. The number of hydrogen-bond acceptors (Lipinski definition) is 2. The van der Waals surface area contributed by atoms with Crippen LogP contribution in [0.4, 0.5) is 18.9 Å². The van der Waals surface area contributed by atoms with Gasteiger partial charge in [0.2, 0.25) is 0 Å². The molecular weight excluding hydrogens is 277 g/mol. The van der Waals surface area contributed by atoms with Crippen LogP contribution in [0.15, 0.2) is 24.3 Å². The fourth-order valence-electron chi connectivity index (χ4n) is 3.66. The average molecular weight is 298 g/mol. The van der Waals surface area contributed by atoms with Gasteiger partial charge in [0.15, 0.2) is 0 Å². The predicted octanol–water partition coefficient (Wildman–Crippen LogP) is 3.67. The third-order valence-corrected chi connectivity index (χ3v) is 4.68. The van der Waals surface area contributed by atoms with Crippen LogP contribution >= 0.6 is 0 Å². The third-order valence-electron chi connectivity index (χ3n) is 4.68. The molecule has 1 N–H and O–H groups in total. The highest BCUT2D eigenvalue weighted by Crippen LogP contribution is 2.38. The van der Waals surface area contributed by atoms with Gasteiger partial charge in [-0.1, -0.05) is 12.1 Å². The van der Waals surface area contributed by atoms with Gasteiger partial charge in [-0.2, -0.15) is 13.2 Å². The van der Waals surface area contributed by atoms with Crippen molar-refractivity contribution in [1.82, 2.24) is 5.32 Å². The molecule has 0 aliphatic carbocycles. The van der Waals surface area contributed by atoms with Crippen LogP contribution in [0, 0.1) is 5.92 Å². The number of halogens is 3. The Kier molecular flexibility index (Phi) is 4.11. The molecule has 2 saturated heterocycles. The Balaban J connectivity index is 1.80. The summed E-state index contributed by atoms with van der Waals surface area (Å²) in [6.07, 6.45) is 0.131. The van der Waals surface area contributed by atoms with E-state index in [2.05, 4.69) is 5.32 Å². The summed E-state index contributed by atoms with van der Waals surface area (Å²) in [4.78, 5) is 1.93. The maximum Gasteiger partial charge on any atom is 0.418 e. The summed E-state index contributed by atoms with van der Waals surface area (Å²) >= 11 is 0. The van der Waals surface area contributed by atoms with Gasteiger partial charge in [0, 0.05) is 24.8 Å². The van der Waals surface area contributed by atoms with Crippen molar-refractivity contribution in [3.8, 4) is 0 Å². The van der Waals surface area contributed by atoms with Crippen LogP contribution in [-0.2, 0) is 6.18 Å². The molecule has 5 heteroatoms. The van der Waals surface area contributed by atoms with E-state index in [1.165, 1.54) is 18.6 Å².